The summed E-state index contributed by atoms with van der Waals surface area (Å²) in [6.07, 6.45) is 0. The topological polar surface area (TPSA) is 66.5 Å². The molecule has 0 saturated carbocycles. The lowest BCUT2D eigenvalue weighted by Crippen LogP contribution is -2.45. The van der Waals surface area contributed by atoms with Crippen LogP contribution < -0.4 is 5.43 Å². The van der Waals surface area contributed by atoms with E-state index in [0.29, 0.717) is 5.56 Å². The molecule has 3 rings (SSSR count). The van der Waals surface area contributed by atoms with Crippen LogP contribution in [-0.2, 0) is 16.6 Å². The number of hydrogen-bond acceptors (Lipinski definition) is 3. The Hall–Kier alpha value is -2.96. The number of hydrazine groups is 1. The van der Waals surface area contributed by atoms with Gasteiger partial charge in [-0.1, -0.05) is 66.7 Å². The van der Waals surface area contributed by atoms with Gasteiger partial charge in [0.2, 0.25) is 0 Å². The summed E-state index contributed by atoms with van der Waals surface area (Å²) in [6, 6.07) is 25.6. The van der Waals surface area contributed by atoms with E-state index in [0.717, 1.165) is 9.98 Å². The number of sulfonamides is 1. The maximum absolute atomic E-state index is 13.0. The number of nitrogens with zero attached hydrogens (tertiary/aromatic N) is 1. The van der Waals surface area contributed by atoms with Gasteiger partial charge in [-0.05, 0) is 29.8 Å². The molecule has 0 radical (unpaired) electrons. The highest BCUT2D eigenvalue weighted by Crippen LogP contribution is 2.17. The van der Waals surface area contributed by atoms with Crippen LogP contribution in [0.2, 0.25) is 0 Å². The highest BCUT2D eigenvalue weighted by molar-refractivity contribution is 7.89. The number of carbonyl (C=O) groups excluding carboxylic acids is 1. The van der Waals surface area contributed by atoms with E-state index in [9.17, 15) is 13.2 Å². The first-order valence-corrected chi connectivity index (χ1v) is 9.49. The summed E-state index contributed by atoms with van der Waals surface area (Å²) in [5, 5.41) is 0. The molecule has 0 heterocycles. The first-order valence-electron chi connectivity index (χ1n) is 8.05. The maximum Gasteiger partial charge on any atom is 0.266 e. The minimum Gasteiger partial charge on any atom is -0.271 e. The van der Waals surface area contributed by atoms with E-state index in [1.54, 1.807) is 48.5 Å². The van der Waals surface area contributed by atoms with Crippen LogP contribution in [0.5, 0.6) is 0 Å². The maximum atomic E-state index is 13.0. The second-order valence-corrected chi connectivity index (χ2v) is 7.48. The van der Waals surface area contributed by atoms with E-state index in [2.05, 4.69) is 5.43 Å². The lowest BCUT2D eigenvalue weighted by Gasteiger charge is -2.23. The van der Waals surface area contributed by atoms with Crippen LogP contribution in [0.15, 0.2) is 95.9 Å². The molecule has 1 amide bonds. The van der Waals surface area contributed by atoms with Crippen molar-refractivity contribution in [1.29, 1.82) is 0 Å². The first kappa shape index (κ1) is 17.8. The van der Waals surface area contributed by atoms with Gasteiger partial charge in [0.05, 0.1) is 11.4 Å². The van der Waals surface area contributed by atoms with E-state index in [1.165, 1.54) is 12.1 Å². The number of hydrogen-bond donors (Lipinski definition) is 1. The molecule has 6 heteroatoms. The second-order valence-electron chi connectivity index (χ2n) is 5.62. The van der Waals surface area contributed by atoms with Gasteiger partial charge in [0, 0.05) is 5.56 Å². The molecule has 0 bridgehead atoms. The highest BCUT2D eigenvalue weighted by Gasteiger charge is 2.26. The minimum absolute atomic E-state index is 0.0244. The van der Waals surface area contributed by atoms with Crippen LogP contribution in [0, 0.1) is 0 Å². The first-order chi connectivity index (χ1) is 12.6. The lowest BCUT2D eigenvalue weighted by molar-refractivity contribution is 0.0874. The smallest absolute Gasteiger partial charge is 0.266 e. The number of rotatable bonds is 6. The molecule has 0 fully saturated rings. The predicted molar refractivity (Wildman–Crippen MR) is 99.5 cm³/mol. The fraction of sp³-hybridized carbons (Fsp3) is 0.0500. The van der Waals surface area contributed by atoms with Gasteiger partial charge >= 0.3 is 0 Å². The third-order valence-corrected chi connectivity index (χ3v) is 5.43. The van der Waals surface area contributed by atoms with Crippen LogP contribution in [0.25, 0.3) is 0 Å². The monoisotopic (exact) mass is 366 g/mol. The molecule has 0 atom stereocenters. The van der Waals surface area contributed by atoms with Crippen molar-refractivity contribution in [2.45, 2.75) is 11.4 Å². The fourth-order valence-electron chi connectivity index (χ4n) is 2.42. The van der Waals surface area contributed by atoms with Gasteiger partial charge in [-0.2, -0.15) is 0 Å². The molecule has 0 unspecified atom stereocenters. The molecule has 3 aromatic carbocycles. The third kappa shape index (κ3) is 4.17. The molecule has 5 nitrogen and oxygen atoms in total. The highest BCUT2D eigenvalue weighted by atomic mass is 32.2. The fourth-order valence-corrected chi connectivity index (χ4v) is 3.70. The number of nitrogens with one attached hydrogen (secondary N) is 1. The summed E-state index contributed by atoms with van der Waals surface area (Å²) in [6.45, 7) is 0.0244. The molecule has 1 N–H and O–H groups in total. The molecule has 0 aliphatic heterocycles. The number of benzene rings is 3. The summed E-state index contributed by atoms with van der Waals surface area (Å²) >= 11 is 0. The van der Waals surface area contributed by atoms with Crippen LogP contribution in [-0.4, -0.2) is 18.7 Å². The Labute approximate surface area is 152 Å². The Balaban J connectivity index is 1.93. The van der Waals surface area contributed by atoms with Crippen molar-refractivity contribution in [2.24, 2.45) is 0 Å². The van der Waals surface area contributed by atoms with E-state index >= 15 is 0 Å². The molecule has 0 saturated heterocycles. The Morgan fingerprint density at radius 2 is 1.27 bits per heavy atom. The zero-order valence-electron chi connectivity index (χ0n) is 13.9. The Morgan fingerprint density at radius 3 is 1.85 bits per heavy atom. The molecule has 0 aromatic heterocycles. The lowest BCUT2D eigenvalue weighted by atomic mass is 10.2. The van der Waals surface area contributed by atoms with Crippen molar-refractivity contribution in [3.05, 3.63) is 102 Å². The van der Waals surface area contributed by atoms with Gasteiger partial charge in [-0.15, -0.1) is 4.41 Å². The molecule has 0 aliphatic rings. The minimum atomic E-state index is -3.90. The van der Waals surface area contributed by atoms with Crippen molar-refractivity contribution in [3.8, 4) is 0 Å². The quantitative estimate of drug-likeness (QED) is 0.681. The summed E-state index contributed by atoms with van der Waals surface area (Å²) in [4.78, 5) is 12.6. The number of carbonyl (C=O) groups is 1. The largest absolute Gasteiger partial charge is 0.271 e. The van der Waals surface area contributed by atoms with E-state index < -0.39 is 15.9 Å². The van der Waals surface area contributed by atoms with E-state index in [1.807, 2.05) is 30.3 Å². The average molecular weight is 366 g/mol. The van der Waals surface area contributed by atoms with Crippen LogP contribution >= 0.6 is 0 Å². The van der Waals surface area contributed by atoms with Gasteiger partial charge in [0.15, 0.2) is 0 Å². The normalized spacial score (nSPS) is 11.3. The molecule has 0 aliphatic carbocycles. The molecule has 132 valence electrons. The SMILES string of the molecule is O=C(NN(Cc1ccccc1)S(=O)(=O)c1ccccc1)c1ccccc1. The molecule has 0 spiro atoms. The van der Waals surface area contributed by atoms with Crippen molar-refractivity contribution in [3.63, 3.8) is 0 Å². The number of amides is 1. The summed E-state index contributed by atoms with van der Waals surface area (Å²) in [5.41, 5.74) is 3.67. The molecular formula is C20H18N2O3S. The van der Waals surface area contributed by atoms with E-state index in [-0.39, 0.29) is 11.4 Å². The van der Waals surface area contributed by atoms with Gasteiger partial charge in [-0.25, -0.2) is 8.42 Å². The zero-order valence-corrected chi connectivity index (χ0v) is 14.8. The summed E-state index contributed by atoms with van der Waals surface area (Å²) in [7, 11) is -3.90. The molecule has 26 heavy (non-hydrogen) atoms. The second kappa shape index (κ2) is 7.95. The van der Waals surface area contributed by atoms with Gasteiger partial charge in [-0.3, -0.25) is 10.2 Å². The van der Waals surface area contributed by atoms with Crippen molar-refractivity contribution in [1.82, 2.24) is 9.84 Å². The van der Waals surface area contributed by atoms with Crippen molar-refractivity contribution in [2.75, 3.05) is 0 Å². The predicted octanol–water partition coefficient (Wildman–Crippen LogP) is 3.22. The molecular weight excluding hydrogens is 348 g/mol. The standard InChI is InChI=1S/C20H18N2O3S/c23-20(18-12-6-2-7-13-18)21-22(16-17-10-4-1-5-11-17)26(24,25)19-14-8-3-9-15-19/h1-15H,16H2,(H,21,23). The Morgan fingerprint density at radius 1 is 0.769 bits per heavy atom. The Bertz CT molecular complexity index is 960. The Kier molecular flexibility index (Phi) is 5.46. The van der Waals surface area contributed by atoms with Gasteiger partial charge in [0.25, 0.3) is 15.9 Å². The molecule has 3 aromatic rings. The van der Waals surface area contributed by atoms with Crippen LogP contribution in [0.1, 0.15) is 15.9 Å². The van der Waals surface area contributed by atoms with Crippen molar-refractivity contribution < 1.29 is 13.2 Å². The van der Waals surface area contributed by atoms with Crippen LogP contribution in [0.3, 0.4) is 0 Å². The van der Waals surface area contributed by atoms with Gasteiger partial charge in [0.1, 0.15) is 0 Å². The third-order valence-electron chi connectivity index (χ3n) is 3.76. The van der Waals surface area contributed by atoms with Gasteiger partial charge < -0.3 is 0 Å². The van der Waals surface area contributed by atoms with E-state index in [4.69, 9.17) is 0 Å². The average Bonchev–Trinajstić information content (AvgIpc) is 2.69. The summed E-state index contributed by atoms with van der Waals surface area (Å²) in [5.74, 6) is -0.485. The van der Waals surface area contributed by atoms with Crippen LogP contribution in [0.4, 0.5) is 0 Å². The van der Waals surface area contributed by atoms with Crippen molar-refractivity contribution >= 4 is 15.9 Å². The summed E-state index contributed by atoms with van der Waals surface area (Å²) < 4.78 is 27.0. The zero-order chi connectivity index (χ0) is 18.4.